The van der Waals surface area contributed by atoms with E-state index in [-0.39, 0.29) is 5.91 Å². The molecular formula is C16H18N2O2S2. The Labute approximate surface area is 138 Å². The smallest absolute Gasteiger partial charge is 0.261 e. The average Bonchev–Trinajstić information content (AvgIpc) is 3.28. The van der Waals surface area contributed by atoms with Gasteiger partial charge in [0, 0.05) is 0 Å². The molecule has 1 amide bonds. The number of aromatic nitrogens is 1. The maximum absolute atomic E-state index is 12.5. The second-order valence-electron chi connectivity index (χ2n) is 5.30. The van der Waals surface area contributed by atoms with E-state index in [4.69, 9.17) is 4.74 Å². The lowest BCUT2D eigenvalue weighted by Crippen LogP contribution is -2.14. The molecule has 1 saturated carbocycles. The summed E-state index contributed by atoms with van der Waals surface area (Å²) in [6.07, 6.45) is 4.46. The van der Waals surface area contributed by atoms with Crippen LogP contribution in [0.5, 0.6) is 5.75 Å². The molecule has 0 bridgehead atoms. The Hall–Kier alpha value is -1.53. The number of aryl methyl sites for hydroxylation is 1. The van der Waals surface area contributed by atoms with Gasteiger partial charge in [-0.2, -0.15) is 0 Å². The zero-order chi connectivity index (χ0) is 15.5. The van der Waals surface area contributed by atoms with E-state index in [9.17, 15) is 4.79 Å². The number of carbonyl (C=O) groups excluding carboxylic acids is 1. The topological polar surface area (TPSA) is 51.2 Å². The molecule has 0 unspecified atom stereocenters. The summed E-state index contributed by atoms with van der Waals surface area (Å²) in [5.74, 6) is 1.12. The van der Waals surface area contributed by atoms with Crippen LogP contribution in [0.2, 0.25) is 0 Å². The van der Waals surface area contributed by atoms with Crippen LogP contribution in [0.15, 0.2) is 28.5 Å². The zero-order valence-electron chi connectivity index (χ0n) is 12.6. The Morgan fingerprint density at radius 1 is 1.45 bits per heavy atom. The van der Waals surface area contributed by atoms with Gasteiger partial charge in [0.05, 0.1) is 22.1 Å². The molecule has 1 heterocycles. The van der Waals surface area contributed by atoms with Gasteiger partial charge in [0.2, 0.25) is 0 Å². The Morgan fingerprint density at radius 2 is 2.23 bits per heavy atom. The van der Waals surface area contributed by atoms with Crippen LogP contribution in [-0.4, -0.2) is 23.8 Å². The third-order valence-electron chi connectivity index (χ3n) is 3.46. The molecule has 0 aliphatic heterocycles. The Morgan fingerprint density at radius 3 is 2.91 bits per heavy atom. The van der Waals surface area contributed by atoms with Crippen molar-refractivity contribution < 1.29 is 9.53 Å². The van der Waals surface area contributed by atoms with Gasteiger partial charge in [-0.05, 0) is 44.1 Å². The molecule has 1 aromatic carbocycles. The van der Waals surface area contributed by atoms with Gasteiger partial charge in [-0.25, -0.2) is 4.98 Å². The molecule has 1 aliphatic carbocycles. The van der Waals surface area contributed by atoms with Gasteiger partial charge < -0.3 is 4.74 Å². The number of carbonyl (C=O) groups is 1. The Bertz CT molecular complexity index is 681. The van der Waals surface area contributed by atoms with Crippen molar-refractivity contribution >= 4 is 34.1 Å². The number of thiazole rings is 1. The Balaban J connectivity index is 1.73. The van der Waals surface area contributed by atoms with Gasteiger partial charge in [-0.15, -0.1) is 11.8 Å². The number of hydrogen-bond donors (Lipinski definition) is 1. The maximum atomic E-state index is 12.5. The predicted octanol–water partition coefficient (Wildman–Crippen LogP) is 4.21. The first-order valence-corrected chi connectivity index (χ1v) is 9.26. The van der Waals surface area contributed by atoms with Crippen molar-refractivity contribution in [2.45, 2.75) is 24.0 Å². The van der Waals surface area contributed by atoms with Crippen molar-refractivity contribution in [1.29, 1.82) is 0 Å². The molecule has 0 spiro atoms. The van der Waals surface area contributed by atoms with Crippen molar-refractivity contribution in [3.8, 4) is 5.75 Å². The molecule has 2 aromatic rings. The summed E-state index contributed by atoms with van der Waals surface area (Å²) in [6.45, 7) is 2.64. The standard InChI is InChI=1S/C16H18N2O2S2/c1-10-15(21-2)22-16(17-10)18-14(19)12-5-3-4-6-13(12)20-9-11-7-8-11/h3-6,11H,7-9H2,1-2H3,(H,17,18,19). The number of nitrogens with zero attached hydrogens (tertiary/aromatic N) is 1. The van der Waals surface area contributed by atoms with E-state index in [1.807, 2.05) is 31.4 Å². The van der Waals surface area contributed by atoms with E-state index in [1.54, 1.807) is 17.8 Å². The summed E-state index contributed by atoms with van der Waals surface area (Å²) in [5, 5.41) is 3.50. The summed E-state index contributed by atoms with van der Waals surface area (Å²) >= 11 is 3.14. The first-order chi connectivity index (χ1) is 10.7. The summed E-state index contributed by atoms with van der Waals surface area (Å²) < 4.78 is 6.91. The largest absolute Gasteiger partial charge is 0.492 e. The van der Waals surface area contributed by atoms with E-state index in [0.29, 0.717) is 29.0 Å². The van der Waals surface area contributed by atoms with Crippen molar-refractivity contribution in [3.63, 3.8) is 0 Å². The molecule has 22 heavy (non-hydrogen) atoms. The molecule has 1 aliphatic rings. The quantitative estimate of drug-likeness (QED) is 0.804. The van der Waals surface area contributed by atoms with E-state index in [0.717, 1.165) is 9.90 Å². The molecule has 116 valence electrons. The first-order valence-electron chi connectivity index (χ1n) is 7.22. The lowest BCUT2D eigenvalue weighted by Gasteiger charge is -2.10. The molecular weight excluding hydrogens is 316 g/mol. The zero-order valence-corrected chi connectivity index (χ0v) is 14.2. The number of benzene rings is 1. The monoisotopic (exact) mass is 334 g/mol. The number of anilines is 1. The third-order valence-corrected chi connectivity index (χ3v) is 5.75. The van der Waals surface area contributed by atoms with Crippen LogP contribution < -0.4 is 10.1 Å². The first kappa shape index (κ1) is 15.4. The Kier molecular flexibility index (Phi) is 4.69. The minimum atomic E-state index is -0.173. The molecule has 1 N–H and O–H groups in total. The van der Waals surface area contributed by atoms with Crippen LogP contribution in [0.1, 0.15) is 28.9 Å². The number of amides is 1. The van der Waals surface area contributed by atoms with Crippen LogP contribution in [0.25, 0.3) is 0 Å². The summed E-state index contributed by atoms with van der Waals surface area (Å²) in [6, 6.07) is 7.36. The van der Waals surface area contributed by atoms with Gasteiger partial charge in [0.25, 0.3) is 5.91 Å². The third kappa shape index (κ3) is 3.62. The van der Waals surface area contributed by atoms with Crippen molar-refractivity contribution in [1.82, 2.24) is 4.98 Å². The molecule has 4 nitrogen and oxygen atoms in total. The van der Waals surface area contributed by atoms with E-state index in [1.165, 1.54) is 24.2 Å². The fourth-order valence-electron chi connectivity index (χ4n) is 2.06. The lowest BCUT2D eigenvalue weighted by molar-refractivity contribution is 0.102. The van der Waals surface area contributed by atoms with Crippen LogP contribution in [0.3, 0.4) is 0 Å². The molecule has 0 saturated heterocycles. The molecule has 3 rings (SSSR count). The number of thioether (sulfide) groups is 1. The minimum absolute atomic E-state index is 0.173. The second kappa shape index (κ2) is 6.71. The highest BCUT2D eigenvalue weighted by atomic mass is 32.2. The van der Waals surface area contributed by atoms with Gasteiger partial charge in [0.1, 0.15) is 5.75 Å². The number of ether oxygens (including phenoxy) is 1. The van der Waals surface area contributed by atoms with Gasteiger partial charge in [-0.1, -0.05) is 23.5 Å². The molecule has 0 atom stereocenters. The van der Waals surface area contributed by atoms with Crippen molar-refractivity contribution in [2.75, 3.05) is 18.2 Å². The summed E-state index contributed by atoms with van der Waals surface area (Å²) in [5.41, 5.74) is 1.51. The number of nitrogens with one attached hydrogen (secondary N) is 1. The highest BCUT2D eigenvalue weighted by Crippen LogP contribution is 2.32. The number of hydrogen-bond acceptors (Lipinski definition) is 5. The van der Waals surface area contributed by atoms with Gasteiger partial charge in [0.15, 0.2) is 5.13 Å². The fourth-order valence-corrected chi connectivity index (χ4v) is 3.67. The number of para-hydroxylation sites is 1. The van der Waals surface area contributed by atoms with E-state index in [2.05, 4.69) is 10.3 Å². The highest BCUT2D eigenvalue weighted by molar-refractivity contribution is 8.00. The summed E-state index contributed by atoms with van der Waals surface area (Å²) in [4.78, 5) is 16.9. The van der Waals surface area contributed by atoms with Crippen LogP contribution in [-0.2, 0) is 0 Å². The molecule has 0 radical (unpaired) electrons. The SMILES string of the molecule is CSc1sc(NC(=O)c2ccccc2OCC2CC2)nc1C. The normalized spacial score (nSPS) is 13.9. The van der Waals surface area contributed by atoms with Gasteiger partial charge >= 0.3 is 0 Å². The molecule has 1 fully saturated rings. The van der Waals surface area contributed by atoms with Crippen LogP contribution in [0.4, 0.5) is 5.13 Å². The van der Waals surface area contributed by atoms with E-state index >= 15 is 0 Å². The van der Waals surface area contributed by atoms with Crippen molar-refractivity contribution in [3.05, 3.63) is 35.5 Å². The van der Waals surface area contributed by atoms with Crippen LogP contribution in [0, 0.1) is 12.8 Å². The number of rotatable bonds is 6. The maximum Gasteiger partial charge on any atom is 0.261 e. The fraction of sp³-hybridized carbons (Fsp3) is 0.375. The highest BCUT2D eigenvalue weighted by Gasteiger charge is 2.23. The van der Waals surface area contributed by atoms with Crippen molar-refractivity contribution in [2.24, 2.45) is 5.92 Å². The lowest BCUT2D eigenvalue weighted by atomic mass is 10.2. The molecule has 1 aromatic heterocycles. The minimum Gasteiger partial charge on any atom is -0.492 e. The van der Waals surface area contributed by atoms with Gasteiger partial charge in [-0.3, -0.25) is 10.1 Å². The second-order valence-corrected chi connectivity index (χ2v) is 7.37. The molecule has 6 heteroatoms. The average molecular weight is 334 g/mol. The van der Waals surface area contributed by atoms with E-state index < -0.39 is 0 Å². The predicted molar refractivity (Wildman–Crippen MR) is 91.2 cm³/mol. The summed E-state index contributed by atoms with van der Waals surface area (Å²) in [7, 11) is 0. The van der Waals surface area contributed by atoms with Crippen LogP contribution >= 0.6 is 23.1 Å².